The molecule has 0 aliphatic heterocycles. The molecule has 1 aromatic heterocycles. The third-order valence-electron chi connectivity index (χ3n) is 3.41. The summed E-state index contributed by atoms with van der Waals surface area (Å²) >= 11 is 6.11. The Morgan fingerprint density at radius 3 is 2.89 bits per heavy atom. The van der Waals surface area contributed by atoms with Gasteiger partial charge in [0.15, 0.2) is 0 Å². The molecule has 1 saturated carbocycles. The van der Waals surface area contributed by atoms with Gasteiger partial charge >= 0.3 is 0 Å². The van der Waals surface area contributed by atoms with Gasteiger partial charge in [-0.15, -0.1) is 11.6 Å². The van der Waals surface area contributed by atoms with Crippen molar-refractivity contribution in [2.24, 2.45) is 5.92 Å². The van der Waals surface area contributed by atoms with Crippen molar-refractivity contribution in [1.29, 1.82) is 0 Å². The monoisotopic (exact) mass is 283 g/mol. The highest BCUT2D eigenvalue weighted by Crippen LogP contribution is 2.27. The van der Waals surface area contributed by atoms with Crippen LogP contribution in [0.3, 0.4) is 0 Å². The van der Waals surface area contributed by atoms with Crippen LogP contribution in [-0.2, 0) is 0 Å². The first kappa shape index (κ1) is 14.4. The van der Waals surface area contributed by atoms with Crippen molar-refractivity contribution in [2.45, 2.75) is 44.4 Å². The quantitative estimate of drug-likeness (QED) is 0.812. The molecule has 1 aliphatic carbocycles. The molecule has 1 N–H and O–H groups in total. The van der Waals surface area contributed by atoms with E-state index in [9.17, 15) is 0 Å². The Hall–Kier alpha value is -1.03. The minimum Gasteiger partial charge on any atom is -0.478 e. The van der Waals surface area contributed by atoms with Crippen LogP contribution in [-0.4, -0.2) is 28.5 Å². The van der Waals surface area contributed by atoms with E-state index in [0.29, 0.717) is 29.7 Å². The predicted octanol–water partition coefficient (Wildman–Crippen LogP) is 3.47. The zero-order valence-corrected chi connectivity index (χ0v) is 12.2. The minimum atomic E-state index is 0.373. The highest BCUT2D eigenvalue weighted by atomic mass is 35.5. The molecule has 0 radical (unpaired) electrons. The van der Waals surface area contributed by atoms with Crippen molar-refractivity contribution in [3.63, 3.8) is 0 Å². The van der Waals surface area contributed by atoms with Gasteiger partial charge in [0.1, 0.15) is 0 Å². The van der Waals surface area contributed by atoms with E-state index in [1.165, 1.54) is 12.8 Å². The number of nitrogens with zero attached hydrogens (tertiary/aromatic N) is 2. The molecule has 0 unspecified atom stereocenters. The van der Waals surface area contributed by atoms with Crippen LogP contribution in [0.15, 0.2) is 12.3 Å². The number of halogens is 1. The molecule has 0 saturated heterocycles. The molecule has 19 heavy (non-hydrogen) atoms. The second kappa shape index (κ2) is 7.53. The maximum Gasteiger partial charge on any atom is 0.225 e. The standard InChI is InChI=1S/C14H22ClN3O/c1-2-9-19-13-7-8-16-14(18-13)17-10-11-3-5-12(15)6-4-11/h7-8,11-12H,2-6,9-10H2,1H3,(H,16,17,18). The highest BCUT2D eigenvalue weighted by Gasteiger charge is 2.19. The van der Waals surface area contributed by atoms with E-state index in [-0.39, 0.29) is 0 Å². The Kier molecular flexibility index (Phi) is 5.70. The Bertz CT molecular complexity index is 381. The van der Waals surface area contributed by atoms with Crippen molar-refractivity contribution in [3.8, 4) is 5.88 Å². The third kappa shape index (κ3) is 4.86. The lowest BCUT2D eigenvalue weighted by Gasteiger charge is -2.25. The fourth-order valence-corrected chi connectivity index (χ4v) is 2.53. The number of hydrogen-bond acceptors (Lipinski definition) is 4. The van der Waals surface area contributed by atoms with Crippen molar-refractivity contribution in [3.05, 3.63) is 12.3 Å². The predicted molar refractivity (Wildman–Crippen MR) is 77.9 cm³/mol. The van der Waals surface area contributed by atoms with Crippen molar-refractivity contribution < 1.29 is 4.74 Å². The minimum absolute atomic E-state index is 0.373. The van der Waals surface area contributed by atoms with Crippen LogP contribution >= 0.6 is 11.6 Å². The molecule has 1 aliphatic rings. The van der Waals surface area contributed by atoms with E-state index in [4.69, 9.17) is 16.3 Å². The topological polar surface area (TPSA) is 47.0 Å². The normalized spacial score (nSPS) is 23.1. The van der Waals surface area contributed by atoms with Gasteiger partial charge in [-0.2, -0.15) is 4.98 Å². The summed E-state index contributed by atoms with van der Waals surface area (Å²) in [5.74, 6) is 1.98. The van der Waals surface area contributed by atoms with E-state index in [2.05, 4.69) is 22.2 Å². The van der Waals surface area contributed by atoms with E-state index in [0.717, 1.165) is 25.8 Å². The van der Waals surface area contributed by atoms with E-state index in [1.54, 1.807) is 12.3 Å². The molecule has 1 heterocycles. The third-order valence-corrected chi connectivity index (χ3v) is 3.85. The lowest BCUT2D eigenvalue weighted by molar-refractivity contribution is 0.305. The maximum absolute atomic E-state index is 6.11. The average Bonchev–Trinajstić information content (AvgIpc) is 2.45. The number of rotatable bonds is 6. The second-order valence-electron chi connectivity index (χ2n) is 5.07. The van der Waals surface area contributed by atoms with Gasteiger partial charge < -0.3 is 10.1 Å². The Morgan fingerprint density at radius 2 is 2.16 bits per heavy atom. The van der Waals surface area contributed by atoms with Crippen molar-refractivity contribution in [2.75, 3.05) is 18.5 Å². The smallest absolute Gasteiger partial charge is 0.225 e. The Morgan fingerprint density at radius 1 is 1.37 bits per heavy atom. The summed E-state index contributed by atoms with van der Waals surface area (Å²) in [4.78, 5) is 8.56. The van der Waals surface area contributed by atoms with Crippen molar-refractivity contribution in [1.82, 2.24) is 9.97 Å². The summed E-state index contributed by atoms with van der Waals surface area (Å²) in [6, 6.07) is 1.79. The van der Waals surface area contributed by atoms with Gasteiger partial charge in [-0.1, -0.05) is 6.92 Å². The fourth-order valence-electron chi connectivity index (χ4n) is 2.28. The van der Waals surface area contributed by atoms with Gasteiger partial charge in [-0.05, 0) is 38.0 Å². The summed E-state index contributed by atoms with van der Waals surface area (Å²) in [7, 11) is 0. The first-order valence-electron chi connectivity index (χ1n) is 7.11. The van der Waals surface area contributed by atoms with E-state index in [1.807, 2.05) is 0 Å². The number of ether oxygens (including phenoxy) is 1. The largest absolute Gasteiger partial charge is 0.478 e. The van der Waals surface area contributed by atoms with Crippen LogP contribution < -0.4 is 10.1 Å². The number of aromatic nitrogens is 2. The Labute approximate surface area is 119 Å². The SMILES string of the molecule is CCCOc1ccnc(NCC2CCC(Cl)CC2)n1. The molecule has 5 heteroatoms. The lowest BCUT2D eigenvalue weighted by atomic mass is 9.89. The van der Waals surface area contributed by atoms with Crippen LogP contribution in [0.4, 0.5) is 5.95 Å². The molecule has 0 spiro atoms. The molecule has 2 rings (SSSR count). The molecule has 106 valence electrons. The molecule has 0 amide bonds. The zero-order valence-electron chi connectivity index (χ0n) is 11.4. The number of hydrogen-bond donors (Lipinski definition) is 1. The van der Waals surface area contributed by atoms with Gasteiger partial charge in [-0.25, -0.2) is 4.98 Å². The first-order valence-corrected chi connectivity index (χ1v) is 7.55. The van der Waals surface area contributed by atoms with Gasteiger partial charge in [0.05, 0.1) is 6.61 Å². The van der Waals surface area contributed by atoms with Crippen LogP contribution in [0, 0.1) is 5.92 Å². The molecular weight excluding hydrogens is 262 g/mol. The van der Waals surface area contributed by atoms with Gasteiger partial charge in [0, 0.05) is 24.2 Å². The molecule has 0 bridgehead atoms. The van der Waals surface area contributed by atoms with Crippen LogP contribution in [0.2, 0.25) is 0 Å². The van der Waals surface area contributed by atoms with Gasteiger partial charge in [0.25, 0.3) is 0 Å². The van der Waals surface area contributed by atoms with Gasteiger partial charge in [0.2, 0.25) is 11.8 Å². The number of nitrogens with one attached hydrogen (secondary N) is 1. The van der Waals surface area contributed by atoms with Crippen LogP contribution in [0.1, 0.15) is 39.0 Å². The van der Waals surface area contributed by atoms with Crippen LogP contribution in [0.5, 0.6) is 5.88 Å². The highest BCUT2D eigenvalue weighted by molar-refractivity contribution is 6.20. The maximum atomic E-state index is 6.11. The first-order chi connectivity index (χ1) is 9.28. The number of anilines is 1. The molecule has 1 aromatic rings. The fraction of sp³-hybridized carbons (Fsp3) is 0.714. The van der Waals surface area contributed by atoms with E-state index < -0.39 is 0 Å². The number of alkyl halides is 1. The zero-order chi connectivity index (χ0) is 13.5. The summed E-state index contributed by atoms with van der Waals surface area (Å²) < 4.78 is 5.49. The average molecular weight is 284 g/mol. The second-order valence-corrected chi connectivity index (χ2v) is 5.68. The lowest BCUT2D eigenvalue weighted by Crippen LogP contribution is -2.22. The van der Waals surface area contributed by atoms with Gasteiger partial charge in [-0.3, -0.25) is 0 Å². The Balaban J connectivity index is 1.78. The molecule has 4 nitrogen and oxygen atoms in total. The van der Waals surface area contributed by atoms with Crippen molar-refractivity contribution >= 4 is 17.5 Å². The molecule has 0 aromatic carbocycles. The summed E-state index contributed by atoms with van der Waals surface area (Å²) in [5, 5.41) is 3.67. The molecular formula is C14H22ClN3O. The summed E-state index contributed by atoms with van der Waals surface area (Å²) in [5.41, 5.74) is 0. The molecule has 1 fully saturated rings. The summed E-state index contributed by atoms with van der Waals surface area (Å²) in [6.07, 6.45) is 7.33. The van der Waals surface area contributed by atoms with Crippen LogP contribution in [0.25, 0.3) is 0 Å². The molecule has 0 atom stereocenters. The summed E-state index contributed by atoms with van der Waals surface area (Å²) in [6.45, 7) is 3.69. The van der Waals surface area contributed by atoms with E-state index >= 15 is 0 Å².